The number of hydrogen-bond acceptors (Lipinski definition) is 3. The molecule has 1 aliphatic heterocycles. The van der Waals surface area contributed by atoms with Gasteiger partial charge >= 0.3 is 0 Å². The van der Waals surface area contributed by atoms with Crippen LogP contribution in [0.5, 0.6) is 5.75 Å². The van der Waals surface area contributed by atoms with E-state index >= 15 is 0 Å². The van der Waals surface area contributed by atoms with E-state index in [1.807, 2.05) is 24.3 Å². The van der Waals surface area contributed by atoms with Gasteiger partial charge in [0.1, 0.15) is 11.8 Å². The van der Waals surface area contributed by atoms with Gasteiger partial charge in [0.15, 0.2) is 0 Å². The molecule has 1 amide bonds. The van der Waals surface area contributed by atoms with E-state index in [9.17, 15) is 4.79 Å². The van der Waals surface area contributed by atoms with Crippen molar-refractivity contribution in [3.63, 3.8) is 0 Å². The molecule has 0 saturated carbocycles. The van der Waals surface area contributed by atoms with Crippen LogP contribution in [0, 0.1) is 11.3 Å². The minimum atomic E-state index is -0.255. The SMILES string of the molecule is COc1ccc(CN2C(=O)CC2C#N)cc1. The van der Waals surface area contributed by atoms with Crippen LogP contribution in [0.1, 0.15) is 12.0 Å². The van der Waals surface area contributed by atoms with Crippen LogP contribution in [0.15, 0.2) is 24.3 Å². The molecular formula is C12H12N2O2. The molecule has 1 unspecified atom stereocenters. The van der Waals surface area contributed by atoms with E-state index in [-0.39, 0.29) is 11.9 Å². The van der Waals surface area contributed by atoms with Gasteiger partial charge in [0.25, 0.3) is 0 Å². The fourth-order valence-electron chi connectivity index (χ4n) is 1.70. The van der Waals surface area contributed by atoms with Crippen LogP contribution < -0.4 is 4.74 Å². The Bertz CT molecular complexity index is 433. The van der Waals surface area contributed by atoms with E-state index in [2.05, 4.69) is 6.07 Å². The predicted octanol–water partition coefficient (Wildman–Crippen LogP) is 1.32. The summed E-state index contributed by atoms with van der Waals surface area (Å²) in [4.78, 5) is 12.9. The molecule has 4 heteroatoms. The van der Waals surface area contributed by atoms with Crippen LogP contribution in [-0.4, -0.2) is 24.0 Å². The highest BCUT2D eigenvalue weighted by molar-refractivity contribution is 5.84. The molecule has 1 aliphatic rings. The molecule has 16 heavy (non-hydrogen) atoms. The lowest BCUT2D eigenvalue weighted by Crippen LogP contribution is -2.50. The monoisotopic (exact) mass is 216 g/mol. The number of amides is 1. The first-order chi connectivity index (χ1) is 7.74. The molecule has 1 aromatic carbocycles. The van der Waals surface area contributed by atoms with E-state index in [0.717, 1.165) is 11.3 Å². The minimum Gasteiger partial charge on any atom is -0.497 e. The quantitative estimate of drug-likeness (QED) is 0.716. The van der Waals surface area contributed by atoms with Gasteiger partial charge in [-0.15, -0.1) is 0 Å². The Morgan fingerprint density at radius 1 is 1.50 bits per heavy atom. The van der Waals surface area contributed by atoms with Crippen molar-refractivity contribution in [3.05, 3.63) is 29.8 Å². The van der Waals surface area contributed by atoms with Crippen molar-refractivity contribution >= 4 is 5.91 Å². The Balaban J connectivity index is 2.04. The third kappa shape index (κ3) is 1.84. The first kappa shape index (κ1) is 10.5. The summed E-state index contributed by atoms with van der Waals surface area (Å²) in [5, 5.41) is 8.77. The molecule has 1 saturated heterocycles. The summed E-state index contributed by atoms with van der Waals surface area (Å²) >= 11 is 0. The van der Waals surface area contributed by atoms with Gasteiger partial charge in [-0.05, 0) is 17.7 Å². The van der Waals surface area contributed by atoms with E-state index in [4.69, 9.17) is 10.00 Å². The normalized spacial score (nSPS) is 18.9. The third-order valence-corrected chi connectivity index (χ3v) is 2.73. The average Bonchev–Trinajstić information content (AvgIpc) is 2.33. The van der Waals surface area contributed by atoms with Crippen LogP contribution in [0.4, 0.5) is 0 Å². The molecule has 1 atom stereocenters. The predicted molar refractivity (Wildman–Crippen MR) is 57.6 cm³/mol. The van der Waals surface area contributed by atoms with E-state index in [0.29, 0.717) is 13.0 Å². The molecule has 1 heterocycles. The summed E-state index contributed by atoms with van der Waals surface area (Å²) < 4.78 is 5.04. The molecule has 4 nitrogen and oxygen atoms in total. The minimum absolute atomic E-state index is 0.0439. The van der Waals surface area contributed by atoms with Crippen molar-refractivity contribution in [3.8, 4) is 11.8 Å². The van der Waals surface area contributed by atoms with Gasteiger partial charge in [0.05, 0.1) is 19.6 Å². The molecule has 0 radical (unpaired) electrons. The highest BCUT2D eigenvalue weighted by Crippen LogP contribution is 2.22. The zero-order chi connectivity index (χ0) is 11.5. The van der Waals surface area contributed by atoms with Crippen LogP contribution in [0.25, 0.3) is 0 Å². The molecule has 2 rings (SSSR count). The number of β-lactam (4-membered cyclic amide) rings is 1. The van der Waals surface area contributed by atoms with Gasteiger partial charge in [0, 0.05) is 6.54 Å². The number of ether oxygens (including phenoxy) is 1. The summed E-state index contributed by atoms with van der Waals surface area (Å²) in [5.74, 6) is 0.831. The van der Waals surface area contributed by atoms with E-state index in [1.54, 1.807) is 12.0 Å². The fourth-order valence-corrected chi connectivity index (χ4v) is 1.70. The second kappa shape index (κ2) is 4.23. The van der Waals surface area contributed by atoms with Gasteiger partial charge < -0.3 is 9.64 Å². The second-order valence-electron chi connectivity index (χ2n) is 3.72. The number of carbonyl (C=O) groups excluding carboxylic acids is 1. The maximum Gasteiger partial charge on any atom is 0.227 e. The van der Waals surface area contributed by atoms with Gasteiger partial charge in [-0.25, -0.2) is 0 Å². The topological polar surface area (TPSA) is 53.3 Å². The first-order valence-electron chi connectivity index (χ1n) is 5.06. The van der Waals surface area contributed by atoms with Crippen molar-refractivity contribution < 1.29 is 9.53 Å². The lowest BCUT2D eigenvalue weighted by Gasteiger charge is -2.35. The Hall–Kier alpha value is -2.02. The largest absolute Gasteiger partial charge is 0.497 e. The zero-order valence-corrected chi connectivity index (χ0v) is 9.01. The van der Waals surface area contributed by atoms with Crippen LogP contribution in [0.2, 0.25) is 0 Å². The fraction of sp³-hybridized carbons (Fsp3) is 0.333. The van der Waals surface area contributed by atoms with Crippen LogP contribution >= 0.6 is 0 Å². The number of methoxy groups -OCH3 is 1. The number of nitriles is 1. The molecule has 82 valence electrons. The summed E-state index contributed by atoms with van der Waals surface area (Å²) in [7, 11) is 1.61. The molecule has 1 fully saturated rings. The second-order valence-corrected chi connectivity index (χ2v) is 3.72. The van der Waals surface area contributed by atoms with Crippen molar-refractivity contribution in [2.45, 2.75) is 19.0 Å². The van der Waals surface area contributed by atoms with Crippen LogP contribution in [0.3, 0.4) is 0 Å². The summed E-state index contributed by atoms with van der Waals surface area (Å²) in [6.45, 7) is 0.501. The standard InChI is InChI=1S/C12H12N2O2/c1-16-11-4-2-9(3-5-11)8-14-10(7-13)6-12(14)15/h2-5,10H,6,8H2,1H3. The first-order valence-corrected chi connectivity index (χ1v) is 5.06. The van der Waals surface area contributed by atoms with Gasteiger partial charge in [0.2, 0.25) is 5.91 Å². The molecule has 0 N–H and O–H groups in total. The van der Waals surface area contributed by atoms with Crippen LogP contribution in [-0.2, 0) is 11.3 Å². The van der Waals surface area contributed by atoms with E-state index in [1.165, 1.54) is 0 Å². The maximum absolute atomic E-state index is 11.3. The number of likely N-dealkylation sites (tertiary alicyclic amines) is 1. The Morgan fingerprint density at radius 2 is 2.19 bits per heavy atom. The summed E-state index contributed by atoms with van der Waals surface area (Å²) in [6.07, 6.45) is 0.354. The van der Waals surface area contributed by atoms with Crippen molar-refractivity contribution in [1.82, 2.24) is 4.90 Å². The molecular weight excluding hydrogens is 204 g/mol. The number of hydrogen-bond donors (Lipinski definition) is 0. The van der Waals surface area contributed by atoms with Gasteiger partial charge in [-0.1, -0.05) is 12.1 Å². The van der Waals surface area contributed by atoms with Crippen molar-refractivity contribution in [2.24, 2.45) is 0 Å². The van der Waals surface area contributed by atoms with Crippen molar-refractivity contribution in [1.29, 1.82) is 5.26 Å². The number of nitrogens with zero attached hydrogens (tertiary/aromatic N) is 2. The molecule has 0 spiro atoms. The molecule has 1 aromatic rings. The number of rotatable bonds is 3. The maximum atomic E-state index is 11.3. The number of benzene rings is 1. The summed E-state index contributed by atoms with van der Waals surface area (Å²) in [5.41, 5.74) is 1.01. The zero-order valence-electron chi connectivity index (χ0n) is 9.01. The average molecular weight is 216 g/mol. The molecule has 0 bridgehead atoms. The highest BCUT2D eigenvalue weighted by Gasteiger charge is 2.35. The Labute approximate surface area is 94.0 Å². The van der Waals surface area contributed by atoms with Gasteiger partial charge in [-0.2, -0.15) is 5.26 Å². The smallest absolute Gasteiger partial charge is 0.227 e. The highest BCUT2D eigenvalue weighted by atomic mass is 16.5. The third-order valence-electron chi connectivity index (χ3n) is 2.73. The van der Waals surface area contributed by atoms with E-state index < -0.39 is 0 Å². The van der Waals surface area contributed by atoms with Gasteiger partial charge in [-0.3, -0.25) is 4.79 Å². The Kier molecular flexibility index (Phi) is 2.78. The number of carbonyl (C=O) groups is 1. The molecule has 0 aliphatic carbocycles. The summed E-state index contributed by atoms with van der Waals surface area (Å²) in [6, 6.07) is 9.35. The van der Waals surface area contributed by atoms with Crippen molar-refractivity contribution in [2.75, 3.05) is 7.11 Å². The lowest BCUT2D eigenvalue weighted by molar-refractivity contribution is -0.144. The molecule has 0 aromatic heterocycles. The Morgan fingerprint density at radius 3 is 2.69 bits per heavy atom. The lowest BCUT2D eigenvalue weighted by atomic mass is 10.0.